The molecule has 13 aromatic carbocycles. The Labute approximate surface area is 402 Å². The van der Waals surface area contributed by atoms with Crippen molar-refractivity contribution in [3.63, 3.8) is 0 Å². The van der Waals surface area contributed by atoms with Gasteiger partial charge >= 0.3 is 0 Å². The summed E-state index contributed by atoms with van der Waals surface area (Å²) in [5.41, 5.74) is 15.3. The van der Waals surface area contributed by atoms with Crippen LogP contribution in [0.3, 0.4) is 0 Å². The molecule has 0 unspecified atom stereocenters. The summed E-state index contributed by atoms with van der Waals surface area (Å²) in [7, 11) is 0. The molecule has 0 amide bonds. The van der Waals surface area contributed by atoms with E-state index in [1.54, 1.807) is 0 Å². The molecule has 0 atom stereocenters. The number of anilines is 3. The summed E-state index contributed by atoms with van der Waals surface area (Å²) in [4.78, 5) is 2.48. The molecule has 0 aliphatic carbocycles. The summed E-state index contributed by atoms with van der Waals surface area (Å²) in [6.45, 7) is 0. The van der Waals surface area contributed by atoms with E-state index < -0.39 is 0 Å². The topological polar surface area (TPSA) is 3.24 Å². The highest BCUT2D eigenvalue weighted by Crippen LogP contribution is 2.49. The molecule has 0 aromatic heterocycles. The SMILES string of the molecule is c1ccc(-c2c(-c3ccccc3)c3cc(-c4ccccc4N(c4ccc(-c5ccc(-c6ccc7ccccc7c6)cc5)cc4)c4cc5ccccc5c5ccccc45)ccc3c3ccccc23)cc1. The van der Waals surface area contributed by atoms with E-state index in [0.29, 0.717) is 0 Å². The van der Waals surface area contributed by atoms with E-state index in [2.05, 4.69) is 278 Å². The molecule has 0 aliphatic heterocycles. The second kappa shape index (κ2) is 17.0. The average molecular weight is 876 g/mol. The van der Waals surface area contributed by atoms with E-state index in [4.69, 9.17) is 0 Å². The van der Waals surface area contributed by atoms with Crippen LogP contribution in [0.15, 0.2) is 273 Å². The summed E-state index contributed by atoms with van der Waals surface area (Å²) >= 11 is 0. The van der Waals surface area contributed by atoms with Gasteiger partial charge < -0.3 is 4.90 Å². The van der Waals surface area contributed by atoms with E-state index in [9.17, 15) is 0 Å². The molecule has 0 radical (unpaired) electrons. The molecule has 0 spiro atoms. The lowest BCUT2D eigenvalue weighted by Crippen LogP contribution is -2.12. The highest BCUT2D eigenvalue weighted by atomic mass is 15.1. The largest absolute Gasteiger partial charge is 0.309 e. The van der Waals surface area contributed by atoms with E-state index in [-0.39, 0.29) is 0 Å². The van der Waals surface area contributed by atoms with Crippen molar-refractivity contribution in [2.24, 2.45) is 0 Å². The maximum Gasteiger partial charge on any atom is 0.0546 e. The van der Waals surface area contributed by atoms with Crippen LogP contribution < -0.4 is 4.90 Å². The standard InChI is InChI=1S/C68H45N/c1-3-18-50(19-4-1)67-63-29-14-12-27-60(63)61-42-39-55(44-64(61)68(67)51-20-5-2-6-21-51)58-25-15-16-30-65(58)69(66-45-54-23-9-10-24-57(54)59-26-11-13-28-62(59)66)56-40-37-48(38-41-56)47-31-33-49(34-32-47)53-36-35-46-17-7-8-22-52(46)43-53/h1-45H. The highest BCUT2D eigenvalue weighted by molar-refractivity contribution is 6.22. The van der Waals surface area contributed by atoms with E-state index in [1.165, 1.54) is 98.4 Å². The molecule has 0 saturated carbocycles. The summed E-state index contributed by atoms with van der Waals surface area (Å²) in [6, 6.07) is 100. The molecular formula is C68H45N. The van der Waals surface area contributed by atoms with Gasteiger partial charge in [-0.25, -0.2) is 0 Å². The number of nitrogens with zero attached hydrogens (tertiary/aromatic N) is 1. The van der Waals surface area contributed by atoms with Crippen molar-refractivity contribution >= 4 is 70.9 Å². The molecule has 0 aliphatic rings. The fourth-order valence-electron chi connectivity index (χ4n) is 10.7. The van der Waals surface area contributed by atoms with Gasteiger partial charge in [-0.05, 0) is 135 Å². The van der Waals surface area contributed by atoms with Gasteiger partial charge in [0.2, 0.25) is 0 Å². The molecule has 0 bridgehead atoms. The van der Waals surface area contributed by atoms with Gasteiger partial charge in [0.1, 0.15) is 0 Å². The Kier molecular flexibility index (Phi) is 9.91. The molecule has 13 aromatic rings. The maximum absolute atomic E-state index is 2.48. The van der Waals surface area contributed by atoms with Crippen molar-refractivity contribution in [1.82, 2.24) is 0 Å². The van der Waals surface area contributed by atoms with Crippen LogP contribution in [-0.2, 0) is 0 Å². The predicted molar refractivity (Wildman–Crippen MR) is 296 cm³/mol. The molecule has 322 valence electrons. The van der Waals surface area contributed by atoms with Crippen LogP contribution in [0.2, 0.25) is 0 Å². The van der Waals surface area contributed by atoms with Crippen molar-refractivity contribution in [3.8, 4) is 55.6 Å². The minimum Gasteiger partial charge on any atom is -0.309 e. The van der Waals surface area contributed by atoms with E-state index in [0.717, 1.165) is 28.2 Å². The Balaban J connectivity index is 0.995. The van der Waals surface area contributed by atoms with Crippen LogP contribution in [0.4, 0.5) is 17.1 Å². The molecule has 1 heteroatoms. The minimum absolute atomic E-state index is 1.09. The molecule has 69 heavy (non-hydrogen) atoms. The van der Waals surface area contributed by atoms with Crippen molar-refractivity contribution in [3.05, 3.63) is 273 Å². The molecule has 13 rings (SSSR count). The van der Waals surface area contributed by atoms with Gasteiger partial charge in [0.15, 0.2) is 0 Å². The Morgan fingerprint density at radius 3 is 1.36 bits per heavy atom. The summed E-state index contributed by atoms with van der Waals surface area (Å²) in [6.07, 6.45) is 0. The Bertz CT molecular complexity index is 4040. The highest BCUT2D eigenvalue weighted by Gasteiger charge is 2.23. The van der Waals surface area contributed by atoms with Gasteiger partial charge in [-0.2, -0.15) is 0 Å². The molecule has 0 saturated heterocycles. The first-order valence-electron chi connectivity index (χ1n) is 23.8. The lowest BCUT2D eigenvalue weighted by Gasteiger charge is -2.30. The Morgan fingerprint density at radius 2 is 0.667 bits per heavy atom. The lowest BCUT2D eigenvalue weighted by molar-refractivity contribution is 1.30. The first-order valence-corrected chi connectivity index (χ1v) is 23.8. The first-order chi connectivity index (χ1) is 34.2. The molecule has 0 N–H and O–H groups in total. The smallest absolute Gasteiger partial charge is 0.0546 e. The second-order valence-electron chi connectivity index (χ2n) is 18.0. The fourth-order valence-corrected chi connectivity index (χ4v) is 10.7. The number of hydrogen-bond acceptors (Lipinski definition) is 1. The molecule has 0 fully saturated rings. The predicted octanol–water partition coefficient (Wildman–Crippen LogP) is 19.3. The van der Waals surface area contributed by atoms with Crippen LogP contribution >= 0.6 is 0 Å². The summed E-state index contributed by atoms with van der Waals surface area (Å²) in [5, 5.41) is 12.4. The normalized spacial score (nSPS) is 11.5. The zero-order chi connectivity index (χ0) is 45.7. The second-order valence-corrected chi connectivity index (χ2v) is 18.0. The van der Waals surface area contributed by atoms with Crippen LogP contribution in [0.1, 0.15) is 0 Å². The number of rotatable bonds is 8. The van der Waals surface area contributed by atoms with Crippen molar-refractivity contribution < 1.29 is 0 Å². The number of fused-ring (bicyclic) bond motifs is 7. The minimum atomic E-state index is 1.09. The van der Waals surface area contributed by atoms with Gasteiger partial charge in [-0.15, -0.1) is 0 Å². The zero-order valence-corrected chi connectivity index (χ0v) is 37.9. The molecule has 0 heterocycles. The number of para-hydroxylation sites is 1. The van der Waals surface area contributed by atoms with Gasteiger partial charge in [0, 0.05) is 16.6 Å². The molecular weight excluding hydrogens is 831 g/mol. The van der Waals surface area contributed by atoms with E-state index >= 15 is 0 Å². The van der Waals surface area contributed by atoms with E-state index in [1.807, 2.05) is 0 Å². The fraction of sp³-hybridized carbons (Fsp3) is 0. The Morgan fingerprint density at radius 1 is 0.203 bits per heavy atom. The van der Waals surface area contributed by atoms with Crippen molar-refractivity contribution in [1.29, 1.82) is 0 Å². The third kappa shape index (κ3) is 7.12. The monoisotopic (exact) mass is 875 g/mol. The summed E-state index contributed by atoms with van der Waals surface area (Å²) < 4.78 is 0. The van der Waals surface area contributed by atoms with Gasteiger partial charge in [0.25, 0.3) is 0 Å². The van der Waals surface area contributed by atoms with Crippen molar-refractivity contribution in [2.45, 2.75) is 0 Å². The third-order valence-electron chi connectivity index (χ3n) is 14.0. The number of hydrogen-bond donors (Lipinski definition) is 0. The van der Waals surface area contributed by atoms with Crippen LogP contribution in [0, 0.1) is 0 Å². The number of benzene rings is 13. The van der Waals surface area contributed by atoms with Crippen LogP contribution in [0.5, 0.6) is 0 Å². The molecule has 1 nitrogen and oxygen atoms in total. The maximum atomic E-state index is 2.48. The third-order valence-corrected chi connectivity index (χ3v) is 14.0. The Hall–Kier alpha value is -9.04. The average Bonchev–Trinajstić information content (AvgIpc) is 3.43. The van der Waals surface area contributed by atoms with Crippen molar-refractivity contribution in [2.75, 3.05) is 4.90 Å². The van der Waals surface area contributed by atoms with Crippen LogP contribution in [-0.4, -0.2) is 0 Å². The quantitative estimate of drug-likeness (QED) is 0.138. The van der Waals surface area contributed by atoms with Gasteiger partial charge in [-0.1, -0.05) is 237 Å². The first kappa shape index (κ1) is 40.3. The summed E-state index contributed by atoms with van der Waals surface area (Å²) in [5.74, 6) is 0. The van der Waals surface area contributed by atoms with Gasteiger partial charge in [0.05, 0.1) is 11.4 Å². The lowest BCUT2D eigenvalue weighted by atomic mass is 9.84. The van der Waals surface area contributed by atoms with Crippen LogP contribution in [0.25, 0.3) is 109 Å². The zero-order valence-electron chi connectivity index (χ0n) is 37.9. The van der Waals surface area contributed by atoms with Gasteiger partial charge in [-0.3, -0.25) is 0 Å².